The Morgan fingerprint density at radius 3 is 2.54 bits per heavy atom. The Hall–Kier alpha value is -2.60. The molecule has 2 rings (SSSR count). The molecular weight excluding hydrogens is 335 g/mol. The average Bonchev–Trinajstić information content (AvgIpc) is 2.62. The first-order chi connectivity index (χ1) is 12.5. The normalized spacial score (nSPS) is 11.7. The molecule has 1 amide bonds. The summed E-state index contributed by atoms with van der Waals surface area (Å²) in [6, 6.07) is 13.5. The number of carbonyl (C=O) groups is 1. The smallest absolute Gasteiger partial charge is 0.414 e. The van der Waals surface area contributed by atoms with Gasteiger partial charge in [0.25, 0.3) is 0 Å². The summed E-state index contributed by atoms with van der Waals surface area (Å²) in [6.45, 7) is 3.30. The van der Waals surface area contributed by atoms with Crippen molar-refractivity contribution in [1.29, 1.82) is 0 Å². The zero-order chi connectivity index (χ0) is 18.9. The number of rotatable bonds is 8. The van der Waals surface area contributed by atoms with Gasteiger partial charge < -0.3 is 19.7 Å². The van der Waals surface area contributed by atoms with Crippen molar-refractivity contribution in [2.45, 2.75) is 19.4 Å². The summed E-state index contributed by atoms with van der Waals surface area (Å²) >= 11 is 0. The van der Waals surface area contributed by atoms with Crippen LogP contribution in [-0.4, -0.2) is 38.2 Å². The summed E-state index contributed by atoms with van der Waals surface area (Å²) in [5.41, 5.74) is 1.01. The van der Waals surface area contributed by atoms with Gasteiger partial charge >= 0.3 is 6.09 Å². The van der Waals surface area contributed by atoms with Gasteiger partial charge in [-0.3, -0.25) is 0 Å². The van der Waals surface area contributed by atoms with Crippen molar-refractivity contribution in [3.63, 3.8) is 0 Å². The van der Waals surface area contributed by atoms with Crippen LogP contribution in [0.4, 0.5) is 9.18 Å². The van der Waals surface area contributed by atoms with Crippen molar-refractivity contribution in [2.75, 3.05) is 27.2 Å². The topological polar surface area (TPSA) is 50.8 Å². The molecule has 140 valence electrons. The predicted octanol–water partition coefficient (Wildman–Crippen LogP) is 4.01. The van der Waals surface area contributed by atoms with E-state index in [2.05, 4.69) is 5.32 Å². The molecule has 1 unspecified atom stereocenters. The van der Waals surface area contributed by atoms with E-state index in [4.69, 9.17) is 9.47 Å². The molecule has 5 nitrogen and oxygen atoms in total. The molecule has 0 fully saturated rings. The number of ether oxygens (including phenoxy) is 2. The second kappa shape index (κ2) is 9.77. The Bertz CT molecular complexity index is 704. The van der Waals surface area contributed by atoms with Crippen LogP contribution in [0.1, 0.15) is 24.9 Å². The highest BCUT2D eigenvalue weighted by molar-refractivity contribution is 5.70. The first kappa shape index (κ1) is 19.7. The highest BCUT2D eigenvalue weighted by Gasteiger charge is 2.13. The van der Waals surface area contributed by atoms with Crippen LogP contribution < -0.4 is 14.8 Å². The van der Waals surface area contributed by atoms with Crippen LogP contribution in [-0.2, 0) is 0 Å². The standard InChI is InChI=1S/C20H25FN2O3/c1-4-22-19(12-13-25-17-10-8-16(21)9-11-17)15-6-5-7-18(14-15)26-20(24)23(2)3/h5-11,14,19,22H,4,12-13H2,1-3H3. The van der Waals surface area contributed by atoms with Gasteiger partial charge in [-0.25, -0.2) is 9.18 Å². The van der Waals surface area contributed by atoms with Crippen molar-refractivity contribution >= 4 is 6.09 Å². The molecule has 0 aromatic heterocycles. The van der Waals surface area contributed by atoms with E-state index in [9.17, 15) is 9.18 Å². The van der Waals surface area contributed by atoms with Crippen LogP contribution in [0.2, 0.25) is 0 Å². The Labute approximate surface area is 153 Å². The molecule has 0 aliphatic heterocycles. The second-order valence-electron chi connectivity index (χ2n) is 6.04. The third-order valence-electron chi connectivity index (χ3n) is 3.77. The van der Waals surface area contributed by atoms with E-state index in [0.717, 1.165) is 18.5 Å². The zero-order valence-corrected chi connectivity index (χ0v) is 15.4. The van der Waals surface area contributed by atoms with E-state index < -0.39 is 6.09 Å². The molecule has 0 aliphatic carbocycles. The van der Waals surface area contributed by atoms with E-state index in [1.54, 1.807) is 32.3 Å². The van der Waals surface area contributed by atoms with Crippen LogP contribution in [0.5, 0.6) is 11.5 Å². The molecule has 0 saturated carbocycles. The van der Waals surface area contributed by atoms with Gasteiger partial charge in [0, 0.05) is 26.6 Å². The molecule has 0 radical (unpaired) electrons. The molecule has 1 N–H and O–H groups in total. The number of amides is 1. The summed E-state index contributed by atoms with van der Waals surface area (Å²) in [7, 11) is 3.28. The second-order valence-corrected chi connectivity index (χ2v) is 6.04. The third kappa shape index (κ3) is 6.04. The fraction of sp³-hybridized carbons (Fsp3) is 0.350. The van der Waals surface area contributed by atoms with Gasteiger partial charge in [0.15, 0.2) is 0 Å². The SMILES string of the molecule is CCNC(CCOc1ccc(F)cc1)c1cccc(OC(=O)N(C)C)c1. The molecule has 2 aromatic carbocycles. The molecule has 0 saturated heterocycles. The van der Waals surface area contributed by atoms with Gasteiger partial charge in [0.05, 0.1) is 6.61 Å². The summed E-state index contributed by atoms with van der Waals surface area (Å²) in [5, 5.41) is 3.41. The number of nitrogens with zero attached hydrogens (tertiary/aromatic N) is 1. The van der Waals surface area contributed by atoms with E-state index in [1.807, 2.05) is 25.1 Å². The lowest BCUT2D eigenvalue weighted by atomic mass is 10.0. The summed E-state index contributed by atoms with van der Waals surface area (Å²) in [6.07, 6.45) is 0.304. The Kier molecular flexibility index (Phi) is 7.41. The minimum Gasteiger partial charge on any atom is -0.494 e. The van der Waals surface area contributed by atoms with Crippen LogP contribution >= 0.6 is 0 Å². The maximum Gasteiger partial charge on any atom is 0.414 e. The minimum atomic E-state index is -0.415. The maximum atomic E-state index is 12.9. The largest absolute Gasteiger partial charge is 0.494 e. The molecule has 6 heteroatoms. The quantitative estimate of drug-likeness (QED) is 0.773. The molecule has 0 heterocycles. The number of carbonyl (C=O) groups excluding carboxylic acids is 1. The third-order valence-corrected chi connectivity index (χ3v) is 3.77. The Morgan fingerprint density at radius 2 is 1.88 bits per heavy atom. The average molecular weight is 360 g/mol. The molecule has 1 atom stereocenters. The van der Waals surface area contributed by atoms with Gasteiger partial charge in [-0.05, 0) is 48.5 Å². The van der Waals surface area contributed by atoms with Crippen molar-refractivity contribution in [2.24, 2.45) is 0 Å². The van der Waals surface area contributed by atoms with Crippen LogP contribution in [0.3, 0.4) is 0 Å². The molecule has 2 aromatic rings. The molecule has 0 bridgehead atoms. The van der Waals surface area contributed by atoms with Crippen molar-refractivity contribution in [3.8, 4) is 11.5 Å². The lowest BCUT2D eigenvalue weighted by Crippen LogP contribution is -2.26. The predicted molar refractivity (Wildman–Crippen MR) is 99.1 cm³/mol. The molecule has 26 heavy (non-hydrogen) atoms. The van der Waals surface area contributed by atoms with Gasteiger partial charge in [-0.15, -0.1) is 0 Å². The summed E-state index contributed by atoms with van der Waals surface area (Å²) in [4.78, 5) is 13.1. The fourth-order valence-corrected chi connectivity index (χ4v) is 2.45. The molecular formula is C20H25FN2O3. The lowest BCUT2D eigenvalue weighted by Gasteiger charge is -2.19. The first-order valence-corrected chi connectivity index (χ1v) is 8.60. The van der Waals surface area contributed by atoms with Crippen LogP contribution in [0.25, 0.3) is 0 Å². The van der Waals surface area contributed by atoms with Crippen LogP contribution in [0, 0.1) is 5.82 Å². The maximum absolute atomic E-state index is 12.9. The molecule has 0 spiro atoms. The highest BCUT2D eigenvalue weighted by Crippen LogP contribution is 2.23. The molecule has 0 aliphatic rings. The zero-order valence-electron chi connectivity index (χ0n) is 15.4. The van der Waals surface area contributed by atoms with Crippen molar-refractivity contribution < 1.29 is 18.7 Å². The van der Waals surface area contributed by atoms with Gasteiger partial charge in [-0.1, -0.05) is 19.1 Å². The fourth-order valence-electron chi connectivity index (χ4n) is 2.45. The minimum absolute atomic E-state index is 0.0541. The van der Waals surface area contributed by atoms with Gasteiger partial charge in [-0.2, -0.15) is 0 Å². The number of benzene rings is 2. The van der Waals surface area contributed by atoms with Crippen molar-refractivity contribution in [1.82, 2.24) is 10.2 Å². The Morgan fingerprint density at radius 1 is 1.15 bits per heavy atom. The van der Waals surface area contributed by atoms with E-state index in [0.29, 0.717) is 18.1 Å². The number of halogens is 1. The Balaban J connectivity index is 1.99. The van der Waals surface area contributed by atoms with Gasteiger partial charge in [0.2, 0.25) is 0 Å². The van der Waals surface area contributed by atoms with Crippen LogP contribution in [0.15, 0.2) is 48.5 Å². The van der Waals surface area contributed by atoms with E-state index in [-0.39, 0.29) is 11.9 Å². The van der Waals surface area contributed by atoms with E-state index in [1.165, 1.54) is 17.0 Å². The lowest BCUT2D eigenvalue weighted by molar-refractivity contribution is 0.172. The number of hydrogen-bond acceptors (Lipinski definition) is 4. The summed E-state index contributed by atoms with van der Waals surface area (Å²) < 4.78 is 23.9. The van der Waals surface area contributed by atoms with Gasteiger partial charge in [0.1, 0.15) is 17.3 Å². The number of hydrogen-bond donors (Lipinski definition) is 1. The summed E-state index contributed by atoms with van der Waals surface area (Å²) in [5.74, 6) is 0.853. The van der Waals surface area contributed by atoms with Crippen molar-refractivity contribution in [3.05, 3.63) is 59.9 Å². The van der Waals surface area contributed by atoms with E-state index >= 15 is 0 Å². The first-order valence-electron chi connectivity index (χ1n) is 8.60. The monoisotopic (exact) mass is 360 g/mol. The number of nitrogens with one attached hydrogen (secondary N) is 1. The highest BCUT2D eigenvalue weighted by atomic mass is 19.1.